The van der Waals surface area contributed by atoms with Crippen molar-refractivity contribution >= 4 is 5.69 Å². The third kappa shape index (κ3) is 3.73. The van der Waals surface area contributed by atoms with Gasteiger partial charge in [-0.1, -0.05) is 23.4 Å². The number of benzene rings is 2. The number of piperazine rings is 1. The minimum Gasteiger partial charge on any atom is -0.497 e. The Morgan fingerprint density at radius 1 is 0.962 bits per heavy atom. The van der Waals surface area contributed by atoms with Crippen LogP contribution >= 0.6 is 0 Å². The molecule has 1 fully saturated rings. The Hall–Kier alpha value is -2.79. The summed E-state index contributed by atoms with van der Waals surface area (Å²) < 4.78 is 10.8. The molecule has 0 amide bonds. The lowest BCUT2D eigenvalue weighted by Crippen LogP contribution is -2.45. The van der Waals surface area contributed by atoms with Crippen molar-refractivity contribution in [2.24, 2.45) is 0 Å². The standard InChI is InChI=1S/C21H23N3O2/c1-25-19-9-7-17(8-10-19)21-15-20(26-22-21)16-23-11-13-24(14-12-23)18-5-3-2-4-6-18/h2-10,15H,11-14,16H2,1H3. The predicted octanol–water partition coefficient (Wildman–Crippen LogP) is 3.67. The molecule has 4 rings (SSSR count). The van der Waals surface area contributed by atoms with Crippen molar-refractivity contribution in [3.8, 4) is 17.0 Å². The van der Waals surface area contributed by atoms with E-state index < -0.39 is 0 Å². The highest BCUT2D eigenvalue weighted by molar-refractivity contribution is 5.59. The number of rotatable bonds is 5. The zero-order valence-corrected chi connectivity index (χ0v) is 15.0. The van der Waals surface area contributed by atoms with Crippen molar-refractivity contribution in [3.63, 3.8) is 0 Å². The lowest BCUT2D eigenvalue weighted by Gasteiger charge is -2.35. The number of para-hydroxylation sites is 1. The summed E-state index contributed by atoms with van der Waals surface area (Å²) in [6, 6.07) is 20.5. The molecule has 0 radical (unpaired) electrons. The van der Waals surface area contributed by atoms with Gasteiger partial charge in [0.2, 0.25) is 0 Å². The Morgan fingerprint density at radius 3 is 2.38 bits per heavy atom. The SMILES string of the molecule is COc1ccc(-c2cc(CN3CCN(c4ccccc4)CC3)on2)cc1. The Bertz CT molecular complexity index is 822. The average Bonchev–Trinajstić information content (AvgIpc) is 3.18. The smallest absolute Gasteiger partial charge is 0.151 e. The van der Waals surface area contributed by atoms with E-state index in [1.54, 1.807) is 7.11 Å². The molecular formula is C21H23N3O2. The Labute approximate surface area is 153 Å². The molecular weight excluding hydrogens is 326 g/mol. The molecule has 0 unspecified atom stereocenters. The number of hydrogen-bond acceptors (Lipinski definition) is 5. The first-order valence-electron chi connectivity index (χ1n) is 8.94. The molecule has 1 aliphatic heterocycles. The zero-order valence-electron chi connectivity index (χ0n) is 15.0. The van der Waals surface area contributed by atoms with E-state index in [4.69, 9.17) is 9.26 Å². The van der Waals surface area contributed by atoms with Gasteiger partial charge in [-0.2, -0.15) is 0 Å². The number of hydrogen-bond donors (Lipinski definition) is 0. The molecule has 0 saturated carbocycles. The lowest BCUT2D eigenvalue weighted by atomic mass is 10.1. The van der Waals surface area contributed by atoms with Crippen LogP contribution in [0.1, 0.15) is 5.76 Å². The van der Waals surface area contributed by atoms with Gasteiger partial charge in [-0.25, -0.2) is 0 Å². The molecule has 5 heteroatoms. The molecule has 2 aromatic carbocycles. The second-order valence-corrected chi connectivity index (χ2v) is 6.51. The van der Waals surface area contributed by atoms with E-state index in [9.17, 15) is 0 Å². The molecule has 1 aliphatic rings. The number of ether oxygens (including phenoxy) is 1. The molecule has 3 aromatic rings. The van der Waals surface area contributed by atoms with Crippen molar-refractivity contribution in [1.82, 2.24) is 10.1 Å². The van der Waals surface area contributed by atoms with Crippen LogP contribution in [0.25, 0.3) is 11.3 Å². The van der Waals surface area contributed by atoms with Crippen LogP contribution in [0.5, 0.6) is 5.75 Å². The van der Waals surface area contributed by atoms with Crippen LogP contribution in [-0.4, -0.2) is 43.3 Å². The Kier molecular flexibility index (Phi) is 4.88. The van der Waals surface area contributed by atoms with E-state index in [2.05, 4.69) is 45.3 Å². The first-order valence-corrected chi connectivity index (χ1v) is 8.94. The number of nitrogens with zero attached hydrogens (tertiary/aromatic N) is 3. The molecule has 1 saturated heterocycles. The third-order valence-corrected chi connectivity index (χ3v) is 4.82. The van der Waals surface area contributed by atoms with Crippen molar-refractivity contribution in [2.75, 3.05) is 38.2 Å². The van der Waals surface area contributed by atoms with E-state index in [1.165, 1.54) is 5.69 Å². The molecule has 5 nitrogen and oxygen atoms in total. The van der Waals surface area contributed by atoms with Crippen molar-refractivity contribution < 1.29 is 9.26 Å². The van der Waals surface area contributed by atoms with E-state index in [0.717, 1.165) is 55.5 Å². The Balaban J connectivity index is 1.35. The zero-order chi connectivity index (χ0) is 17.8. The quantitative estimate of drug-likeness (QED) is 0.703. The maximum atomic E-state index is 5.55. The molecule has 0 aliphatic carbocycles. The average molecular weight is 349 g/mol. The molecule has 26 heavy (non-hydrogen) atoms. The fourth-order valence-corrected chi connectivity index (χ4v) is 3.31. The maximum absolute atomic E-state index is 5.55. The maximum Gasteiger partial charge on any atom is 0.151 e. The van der Waals surface area contributed by atoms with Gasteiger partial charge >= 0.3 is 0 Å². The second kappa shape index (κ2) is 7.62. The topological polar surface area (TPSA) is 41.7 Å². The van der Waals surface area contributed by atoms with Crippen molar-refractivity contribution in [3.05, 3.63) is 66.4 Å². The monoisotopic (exact) mass is 349 g/mol. The van der Waals surface area contributed by atoms with Crippen LogP contribution in [0.4, 0.5) is 5.69 Å². The summed E-state index contributed by atoms with van der Waals surface area (Å²) >= 11 is 0. The summed E-state index contributed by atoms with van der Waals surface area (Å²) in [5.74, 6) is 1.75. The molecule has 1 aromatic heterocycles. The predicted molar refractivity (Wildman–Crippen MR) is 102 cm³/mol. The summed E-state index contributed by atoms with van der Waals surface area (Å²) in [5.41, 5.74) is 3.20. The minimum absolute atomic E-state index is 0.797. The second-order valence-electron chi connectivity index (χ2n) is 6.51. The van der Waals surface area contributed by atoms with Gasteiger partial charge < -0.3 is 14.2 Å². The van der Waals surface area contributed by atoms with Gasteiger partial charge in [0.1, 0.15) is 11.4 Å². The van der Waals surface area contributed by atoms with Crippen molar-refractivity contribution in [1.29, 1.82) is 0 Å². The molecule has 0 N–H and O–H groups in total. The minimum atomic E-state index is 0.797. The van der Waals surface area contributed by atoms with Crippen LogP contribution in [0.15, 0.2) is 65.2 Å². The first kappa shape index (κ1) is 16.7. The molecule has 0 atom stereocenters. The van der Waals surface area contributed by atoms with Gasteiger partial charge in [0.25, 0.3) is 0 Å². The van der Waals surface area contributed by atoms with Gasteiger partial charge in [0.05, 0.1) is 13.7 Å². The van der Waals surface area contributed by atoms with E-state index >= 15 is 0 Å². The molecule has 2 heterocycles. The van der Waals surface area contributed by atoms with Crippen LogP contribution in [0, 0.1) is 0 Å². The Morgan fingerprint density at radius 2 is 1.69 bits per heavy atom. The summed E-state index contributed by atoms with van der Waals surface area (Å²) in [6.07, 6.45) is 0. The third-order valence-electron chi connectivity index (χ3n) is 4.82. The lowest BCUT2D eigenvalue weighted by molar-refractivity contribution is 0.220. The normalized spacial score (nSPS) is 15.2. The fourth-order valence-electron chi connectivity index (χ4n) is 3.31. The highest BCUT2D eigenvalue weighted by Gasteiger charge is 2.19. The molecule has 0 spiro atoms. The summed E-state index contributed by atoms with van der Waals surface area (Å²) in [5, 5.41) is 4.22. The van der Waals surface area contributed by atoms with E-state index in [0.29, 0.717) is 0 Å². The summed E-state index contributed by atoms with van der Waals surface area (Å²) in [6.45, 7) is 4.90. The highest BCUT2D eigenvalue weighted by Crippen LogP contribution is 2.23. The molecule has 0 bridgehead atoms. The largest absolute Gasteiger partial charge is 0.497 e. The van der Waals surface area contributed by atoms with Crippen LogP contribution in [0.2, 0.25) is 0 Å². The number of aromatic nitrogens is 1. The van der Waals surface area contributed by atoms with Gasteiger partial charge in [0.15, 0.2) is 5.76 Å². The van der Waals surface area contributed by atoms with Gasteiger partial charge in [0, 0.05) is 43.5 Å². The first-order chi connectivity index (χ1) is 12.8. The van der Waals surface area contributed by atoms with E-state index in [-0.39, 0.29) is 0 Å². The number of methoxy groups -OCH3 is 1. The van der Waals surface area contributed by atoms with Crippen molar-refractivity contribution in [2.45, 2.75) is 6.54 Å². The number of anilines is 1. The summed E-state index contributed by atoms with van der Waals surface area (Å²) in [4.78, 5) is 4.84. The summed E-state index contributed by atoms with van der Waals surface area (Å²) in [7, 11) is 1.67. The fraction of sp³-hybridized carbons (Fsp3) is 0.286. The van der Waals surface area contributed by atoms with Gasteiger partial charge in [-0.15, -0.1) is 0 Å². The highest BCUT2D eigenvalue weighted by atomic mass is 16.5. The molecule has 134 valence electrons. The van der Waals surface area contributed by atoms with Crippen LogP contribution in [-0.2, 0) is 6.54 Å². The van der Waals surface area contributed by atoms with Gasteiger partial charge in [-0.3, -0.25) is 4.90 Å². The van der Waals surface area contributed by atoms with Gasteiger partial charge in [-0.05, 0) is 36.4 Å². The van der Waals surface area contributed by atoms with Crippen LogP contribution < -0.4 is 9.64 Å². The van der Waals surface area contributed by atoms with Crippen LogP contribution in [0.3, 0.4) is 0 Å². The van der Waals surface area contributed by atoms with E-state index in [1.807, 2.05) is 30.3 Å².